The van der Waals surface area contributed by atoms with Gasteiger partial charge in [-0.2, -0.15) is 10.2 Å². The van der Waals surface area contributed by atoms with Gasteiger partial charge in [-0.15, -0.1) is 0 Å². The molecule has 6 nitrogen and oxygen atoms in total. The third-order valence-corrected chi connectivity index (χ3v) is 4.63. The van der Waals surface area contributed by atoms with Crippen molar-refractivity contribution >= 4 is 5.91 Å². The number of hydrogen-bond donors (Lipinski definition) is 3. The highest BCUT2D eigenvalue weighted by atomic mass is 16.2. The van der Waals surface area contributed by atoms with Crippen molar-refractivity contribution in [2.75, 3.05) is 0 Å². The zero-order valence-corrected chi connectivity index (χ0v) is 11.9. The Labute approximate surface area is 122 Å². The molecular weight excluding hydrogens is 266 g/mol. The number of aromatic amines is 2. The van der Waals surface area contributed by atoms with Gasteiger partial charge in [-0.05, 0) is 44.1 Å². The number of hydrogen-bond acceptors (Lipinski definition) is 3. The minimum Gasteiger partial charge on any atom is -0.347 e. The average molecular weight is 285 g/mol. The van der Waals surface area contributed by atoms with Crippen LogP contribution in [0.5, 0.6) is 0 Å². The lowest BCUT2D eigenvalue weighted by Crippen LogP contribution is -2.39. The van der Waals surface area contributed by atoms with Crippen LogP contribution in [0.3, 0.4) is 0 Å². The number of aromatic nitrogens is 4. The number of carbonyl (C=O) groups is 1. The van der Waals surface area contributed by atoms with Crippen LogP contribution < -0.4 is 5.32 Å². The van der Waals surface area contributed by atoms with Crippen molar-refractivity contribution in [1.82, 2.24) is 25.7 Å². The summed E-state index contributed by atoms with van der Waals surface area (Å²) in [5.41, 5.74) is 5.29. The van der Waals surface area contributed by atoms with Crippen LogP contribution in [0.2, 0.25) is 0 Å². The fraction of sp³-hybridized carbons (Fsp3) is 0.533. The minimum absolute atomic E-state index is 0.0395. The molecule has 2 aromatic rings. The van der Waals surface area contributed by atoms with Gasteiger partial charge in [0.05, 0.1) is 6.20 Å². The Kier molecular flexibility index (Phi) is 3.02. The Bertz CT molecular complexity index is 671. The number of carbonyl (C=O) groups excluding carboxylic acids is 1. The van der Waals surface area contributed by atoms with Gasteiger partial charge in [0.1, 0.15) is 0 Å². The molecule has 0 unspecified atom stereocenters. The van der Waals surface area contributed by atoms with E-state index in [1.54, 1.807) is 0 Å². The molecule has 2 aliphatic carbocycles. The second-order valence-electron chi connectivity index (χ2n) is 6.02. The highest BCUT2D eigenvalue weighted by Gasteiger charge is 2.26. The van der Waals surface area contributed by atoms with Crippen LogP contribution in [0, 0.1) is 0 Å². The van der Waals surface area contributed by atoms with Gasteiger partial charge < -0.3 is 5.32 Å². The van der Waals surface area contributed by atoms with Crippen molar-refractivity contribution in [3.63, 3.8) is 0 Å². The van der Waals surface area contributed by atoms with E-state index in [1.807, 2.05) is 6.20 Å². The number of fused-ring (bicyclic) bond motifs is 2. The van der Waals surface area contributed by atoms with Crippen LogP contribution in [0.1, 0.15) is 52.3 Å². The van der Waals surface area contributed by atoms with Gasteiger partial charge in [0.2, 0.25) is 0 Å². The molecule has 1 atom stereocenters. The molecule has 0 saturated carbocycles. The van der Waals surface area contributed by atoms with Gasteiger partial charge in [0, 0.05) is 29.4 Å². The number of aryl methyl sites for hydroxylation is 2. The summed E-state index contributed by atoms with van der Waals surface area (Å²) in [5.74, 6) is -0.0395. The summed E-state index contributed by atoms with van der Waals surface area (Å²) in [6.45, 7) is 0. The van der Waals surface area contributed by atoms with Gasteiger partial charge in [0.25, 0.3) is 5.91 Å². The maximum atomic E-state index is 12.5. The molecule has 0 radical (unpaired) electrons. The SMILES string of the molecule is O=C(N[C@H]1CCc2cn[nH]c2C1)c1n[nH]c2c1CCCC2. The summed E-state index contributed by atoms with van der Waals surface area (Å²) >= 11 is 0. The van der Waals surface area contributed by atoms with Crippen LogP contribution in [0.4, 0.5) is 0 Å². The highest BCUT2D eigenvalue weighted by Crippen LogP contribution is 2.23. The summed E-state index contributed by atoms with van der Waals surface area (Å²) in [7, 11) is 0. The van der Waals surface area contributed by atoms with Crippen molar-refractivity contribution in [2.45, 2.75) is 51.0 Å². The summed E-state index contributed by atoms with van der Waals surface area (Å²) in [4.78, 5) is 12.5. The van der Waals surface area contributed by atoms with Crippen LogP contribution >= 0.6 is 0 Å². The summed E-state index contributed by atoms with van der Waals surface area (Å²) in [5, 5.41) is 17.5. The third kappa shape index (κ3) is 2.24. The van der Waals surface area contributed by atoms with E-state index in [0.29, 0.717) is 5.69 Å². The van der Waals surface area contributed by atoms with Gasteiger partial charge in [-0.25, -0.2) is 0 Å². The van der Waals surface area contributed by atoms with E-state index in [1.165, 1.54) is 12.0 Å². The second-order valence-corrected chi connectivity index (χ2v) is 6.02. The quantitative estimate of drug-likeness (QED) is 0.777. The van der Waals surface area contributed by atoms with Crippen molar-refractivity contribution in [2.24, 2.45) is 0 Å². The smallest absolute Gasteiger partial charge is 0.272 e. The van der Waals surface area contributed by atoms with Gasteiger partial charge >= 0.3 is 0 Å². The lowest BCUT2D eigenvalue weighted by atomic mass is 9.93. The monoisotopic (exact) mass is 285 g/mol. The van der Waals surface area contributed by atoms with E-state index in [2.05, 4.69) is 25.7 Å². The molecule has 2 heterocycles. The molecule has 2 aliphatic rings. The Balaban J connectivity index is 1.48. The highest BCUT2D eigenvalue weighted by molar-refractivity contribution is 5.94. The maximum absolute atomic E-state index is 12.5. The first-order valence-corrected chi connectivity index (χ1v) is 7.69. The first kappa shape index (κ1) is 12.6. The Morgan fingerprint density at radius 2 is 2.10 bits per heavy atom. The molecule has 6 heteroatoms. The Morgan fingerprint density at radius 1 is 1.19 bits per heavy atom. The normalized spacial score (nSPS) is 20.7. The molecule has 21 heavy (non-hydrogen) atoms. The van der Waals surface area contributed by atoms with E-state index in [9.17, 15) is 4.79 Å². The van der Waals surface area contributed by atoms with E-state index in [0.717, 1.165) is 55.5 Å². The van der Waals surface area contributed by atoms with E-state index < -0.39 is 0 Å². The second kappa shape index (κ2) is 5.02. The molecule has 3 N–H and O–H groups in total. The van der Waals surface area contributed by atoms with Gasteiger partial charge in [-0.1, -0.05) is 0 Å². The molecular formula is C15H19N5O. The van der Waals surface area contributed by atoms with Crippen LogP contribution in [-0.2, 0) is 25.7 Å². The topological polar surface area (TPSA) is 86.5 Å². The van der Waals surface area contributed by atoms with Crippen LogP contribution in [0.25, 0.3) is 0 Å². The molecule has 0 aliphatic heterocycles. The molecule has 2 aromatic heterocycles. The Morgan fingerprint density at radius 3 is 3.05 bits per heavy atom. The fourth-order valence-corrected chi connectivity index (χ4v) is 3.45. The minimum atomic E-state index is -0.0395. The summed E-state index contributed by atoms with van der Waals surface area (Å²) in [6.07, 6.45) is 8.95. The van der Waals surface area contributed by atoms with Crippen molar-refractivity contribution in [3.8, 4) is 0 Å². The lowest BCUT2D eigenvalue weighted by Gasteiger charge is -2.22. The van der Waals surface area contributed by atoms with Crippen molar-refractivity contribution in [3.05, 3.63) is 34.4 Å². The third-order valence-electron chi connectivity index (χ3n) is 4.63. The van der Waals surface area contributed by atoms with E-state index in [-0.39, 0.29) is 11.9 Å². The first-order chi connectivity index (χ1) is 10.3. The number of nitrogens with one attached hydrogen (secondary N) is 3. The van der Waals surface area contributed by atoms with Crippen LogP contribution in [0.15, 0.2) is 6.20 Å². The molecule has 1 amide bonds. The zero-order chi connectivity index (χ0) is 14.2. The average Bonchev–Trinajstić information content (AvgIpc) is 3.13. The zero-order valence-electron chi connectivity index (χ0n) is 11.9. The number of nitrogens with zero attached hydrogens (tertiary/aromatic N) is 2. The van der Waals surface area contributed by atoms with Gasteiger partial charge in [0.15, 0.2) is 5.69 Å². The molecule has 0 spiro atoms. The van der Waals surface area contributed by atoms with Crippen LogP contribution in [-0.4, -0.2) is 32.3 Å². The first-order valence-electron chi connectivity index (χ1n) is 7.69. The molecule has 0 saturated heterocycles. The van der Waals surface area contributed by atoms with Gasteiger partial charge in [-0.3, -0.25) is 15.0 Å². The number of rotatable bonds is 2. The molecule has 0 aromatic carbocycles. The molecule has 4 rings (SSSR count). The van der Waals surface area contributed by atoms with E-state index >= 15 is 0 Å². The largest absolute Gasteiger partial charge is 0.347 e. The number of amides is 1. The van der Waals surface area contributed by atoms with E-state index in [4.69, 9.17) is 0 Å². The predicted molar refractivity (Wildman–Crippen MR) is 77.1 cm³/mol. The molecule has 0 fully saturated rings. The number of H-pyrrole nitrogens is 2. The fourth-order valence-electron chi connectivity index (χ4n) is 3.45. The lowest BCUT2D eigenvalue weighted by molar-refractivity contribution is 0.0927. The maximum Gasteiger partial charge on any atom is 0.272 e. The molecule has 110 valence electrons. The summed E-state index contributed by atoms with van der Waals surface area (Å²) < 4.78 is 0. The standard InChI is InChI=1S/C15H19N5O/c21-15(14-11-3-1-2-4-12(11)19-20-14)17-10-6-5-9-8-16-18-13(9)7-10/h8,10H,1-7H2,(H,16,18)(H,17,21)(H,19,20)/t10-/m0/s1. The van der Waals surface area contributed by atoms with Crippen molar-refractivity contribution < 1.29 is 4.79 Å². The van der Waals surface area contributed by atoms with Crippen molar-refractivity contribution in [1.29, 1.82) is 0 Å². The summed E-state index contributed by atoms with van der Waals surface area (Å²) in [6, 6.07) is 0.168. The predicted octanol–water partition coefficient (Wildman–Crippen LogP) is 1.30. The molecule has 0 bridgehead atoms. The Hall–Kier alpha value is -2.11.